The van der Waals surface area contributed by atoms with Crippen LogP contribution in [0.5, 0.6) is 0 Å². The number of benzene rings is 1. The standard InChI is InChI=1S/C13H6BrCl2F3N2/c14-6-21-11(13(17,18)19)10(9(5-20)12(21)16)7-1-3-8(15)4-2-7/h1-4H,6H2. The fraction of sp³-hybridized carbons (Fsp3) is 0.154. The molecule has 0 fully saturated rings. The van der Waals surface area contributed by atoms with Gasteiger partial charge in [0.1, 0.15) is 16.9 Å². The molecule has 2 nitrogen and oxygen atoms in total. The maximum atomic E-state index is 13.4. The number of hydrogen-bond donors (Lipinski definition) is 0. The molecule has 0 aliphatic carbocycles. The van der Waals surface area contributed by atoms with Gasteiger partial charge >= 0.3 is 6.18 Å². The van der Waals surface area contributed by atoms with Crippen molar-refractivity contribution in [3.63, 3.8) is 0 Å². The SMILES string of the molecule is N#Cc1c(-c2ccc(Cl)cc2)c(C(F)(F)F)n(CBr)c1Cl. The summed E-state index contributed by atoms with van der Waals surface area (Å²) in [5.74, 6) is 0. The van der Waals surface area contributed by atoms with E-state index in [0.717, 1.165) is 4.57 Å². The summed E-state index contributed by atoms with van der Waals surface area (Å²) >= 11 is 14.6. The minimum Gasteiger partial charge on any atom is -0.316 e. The second-order valence-electron chi connectivity index (χ2n) is 4.05. The fourth-order valence-electron chi connectivity index (χ4n) is 2.00. The summed E-state index contributed by atoms with van der Waals surface area (Å²) in [5, 5.41) is 9.29. The molecule has 0 atom stereocenters. The van der Waals surface area contributed by atoms with Crippen LogP contribution < -0.4 is 0 Å². The highest BCUT2D eigenvalue weighted by atomic mass is 79.9. The largest absolute Gasteiger partial charge is 0.432 e. The van der Waals surface area contributed by atoms with Gasteiger partial charge in [0.2, 0.25) is 0 Å². The van der Waals surface area contributed by atoms with E-state index in [1.54, 1.807) is 6.07 Å². The minimum atomic E-state index is -4.65. The van der Waals surface area contributed by atoms with Gasteiger partial charge in [-0.1, -0.05) is 51.3 Å². The molecule has 1 aromatic heterocycles. The first-order valence-corrected chi connectivity index (χ1v) is 7.40. The Morgan fingerprint density at radius 3 is 2.19 bits per heavy atom. The molecule has 0 spiro atoms. The molecule has 2 rings (SSSR count). The molecule has 0 amide bonds. The molecule has 0 bridgehead atoms. The Morgan fingerprint density at radius 2 is 1.76 bits per heavy atom. The summed E-state index contributed by atoms with van der Waals surface area (Å²) in [6, 6.07) is 7.49. The number of aromatic nitrogens is 1. The first-order valence-electron chi connectivity index (χ1n) is 5.52. The molecule has 8 heteroatoms. The molecule has 2 aromatic rings. The lowest BCUT2D eigenvalue weighted by atomic mass is 10.0. The summed E-state index contributed by atoms with van der Waals surface area (Å²) in [6.07, 6.45) is -4.65. The number of hydrogen-bond acceptors (Lipinski definition) is 1. The quantitative estimate of drug-likeness (QED) is 0.597. The van der Waals surface area contributed by atoms with Gasteiger partial charge in [-0.15, -0.1) is 0 Å². The molecule has 21 heavy (non-hydrogen) atoms. The lowest BCUT2D eigenvalue weighted by Gasteiger charge is -2.13. The van der Waals surface area contributed by atoms with Crippen molar-refractivity contribution in [1.29, 1.82) is 5.26 Å². The Morgan fingerprint density at radius 1 is 1.19 bits per heavy atom. The van der Waals surface area contributed by atoms with Crippen LogP contribution in [0, 0.1) is 11.3 Å². The number of halogens is 6. The van der Waals surface area contributed by atoms with E-state index in [9.17, 15) is 13.2 Å². The van der Waals surface area contributed by atoms with Crippen LogP contribution in [0.15, 0.2) is 24.3 Å². The molecule has 0 saturated heterocycles. The molecule has 0 radical (unpaired) electrons. The topological polar surface area (TPSA) is 28.7 Å². The molecule has 1 aromatic carbocycles. The second kappa shape index (κ2) is 5.91. The van der Waals surface area contributed by atoms with Crippen molar-refractivity contribution in [2.45, 2.75) is 11.6 Å². The lowest BCUT2D eigenvalue weighted by molar-refractivity contribution is -0.142. The third-order valence-corrected chi connectivity index (χ3v) is 3.98. The highest BCUT2D eigenvalue weighted by molar-refractivity contribution is 9.08. The van der Waals surface area contributed by atoms with Crippen LogP contribution in [0.2, 0.25) is 10.2 Å². The molecular formula is C13H6BrCl2F3N2. The van der Waals surface area contributed by atoms with E-state index in [1.165, 1.54) is 24.3 Å². The Labute approximate surface area is 136 Å². The summed E-state index contributed by atoms with van der Waals surface area (Å²) in [5.41, 5.74) is -1.38. The van der Waals surface area contributed by atoms with E-state index in [4.69, 9.17) is 28.5 Å². The fourth-order valence-corrected chi connectivity index (χ4v) is 3.05. The second-order valence-corrected chi connectivity index (χ2v) is 5.35. The van der Waals surface area contributed by atoms with E-state index < -0.39 is 11.9 Å². The average Bonchev–Trinajstić information content (AvgIpc) is 2.71. The molecule has 0 aliphatic heterocycles. The van der Waals surface area contributed by atoms with E-state index in [1.807, 2.05) is 0 Å². The Bertz CT molecular complexity index is 715. The van der Waals surface area contributed by atoms with E-state index >= 15 is 0 Å². The Kier molecular flexibility index (Phi) is 4.57. The van der Waals surface area contributed by atoms with E-state index in [0.29, 0.717) is 5.02 Å². The first-order chi connectivity index (χ1) is 9.81. The highest BCUT2D eigenvalue weighted by Crippen LogP contribution is 2.44. The van der Waals surface area contributed by atoms with Gasteiger partial charge in [-0.3, -0.25) is 0 Å². The lowest BCUT2D eigenvalue weighted by Crippen LogP contribution is -2.13. The van der Waals surface area contributed by atoms with Gasteiger partial charge in [-0.05, 0) is 17.7 Å². The van der Waals surface area contributed by atoms with E-state index in [2.05, 4.69) is 15.9 Å². The van der Waals surface area contributed by atoms with Crippen molar-refractivity contribution in [3.8, 4) is 17.2 Å². The van der Waals surface area contributed by atoms with Gasteiger partial charge in [0.25, 0.3) is 0 Å². The van der Waals surface area contributed by atoms with Crippen LogP contribution in [0.1, 0.15) is 11.3 Å². The average molecular weight is 398 g/mol. The predicted octanol–water partition coefficient (Wildman–Crippen LogP) is 5.70. The maximum absolute atomic E-state index is 13.4. The number of alkyl halides is 4. The van der Waals surface area contributed by atoms with Crippen LogP contribution in [-0.4, -0.2) is 4.57 Å². The summed E-state index contributed by atoms with van der Waals surface area (Å²) in [7, 11) is 0. The zero-order valence-electron chi connectivity index (χ0n) is 10.2. The predicted molar refractivity (Wildman–Crippen MR) is 78.5 cm³/mol. The summed E-state index contributed by atoms with van der Waals surface area (Å²) in [6.45, 7) is 0. The van der Waals surface area contributed by atoms with Crippen LogP contribution in [-0.2, 0) is 11.6 Å². The van der Waals surface area contributed by atoms with Crippen molar-refractivity contribution in [2.24, 2.45) is 0 Å². The molecule has 0 N–H and O–H groups in total. The maximum Gasteiger partial charge on any atom is 0.432 e. The molecule has 1 heterocycles. The molecule has 0 unspecified atom stereocenters. The van der Waals surface area contributed by atoms with Gasteiger partial charge in [0, 0.05) is 10.6 Å². The number of nitrogens with zero attached hydrogens (tertiary/aromatic N) is 2. The van der Waals surface area contributed by atoms with Crippen LogP contribution in [0.3, 0.4) is 0 Å². The molecular weight excluding hydrogens is 392 g/mol. The minimum absolute atomic E-state index is 0.178. The third kappa shape index (κ3) is 2.91. The molecule has 110 valence electrons. The van der Waals surface area contributed by atoms with Crippen molar-refractivity contribution < 1.29 is 13.2 Å². The van der Waals surface area contributed by atoms with Gasteiger partial charge in [-0.25, -0.2) is 0 Å². The van der Waals surface area contributed by atoms with Crippen molar-refractivity contribution in [3.05, 3.63) is 45.7 Å². The van der Waals surface area contributed by atoms with Crippen molar-refractivity contribution >= 4 is 39.1 Å². The van der Waals surface area contributed by atoms with Crippen LogP contribution in [0.25, 0.3) is 11.1 Å². The zero-order chi connectivity index (χ0) is 15.8. The van der Waals surface area contributed by atoms with Crippen molar-refractivity contribution in [1.82, 2.24) is 4.57 Å². The number of rotatable bonds is 2. The Balaban J connectivity index is 2.86. The first kappa shape index (κ1) is 16.2. The molecule has 0 saturated carbocycles. The van der Waals surface area contributed by atoms with Crippen LogP contribution in [0.4, 0.5) is 13.2 Å². The van der Waals surface area contributed by atoms with Crippen molar-refractivity contribution in [2.75, 3.05) is 0 Å². The van der Waals surface area contributed by atoms with Gasteiger partial charge < -0.3 is 4.57 Å². The van der Waals surface area contributed by atoms with Gasteiger partial charge in [0.05, 0.1) is 11.0 Å². The zero-order valence-corrected chi connectivity index (χ0v) is 13.3. The highest BCUT2D eigenvalue weighted by Gasteiger charge is 2.41. The Hall–Kier alpha value is -1.16. The summed E-state index contributed by atoms with van der Waals surface area (Å²) < 4.78 is 40.9. The molecule has 0 aliphatic rings. The number of nitriles is 1. The van der Waals surface area contributed by atoms with Crippen LogP contribution >= 0.6 is 39.1 Å². The monoisotopic (exact) mass is 396 g/mol. The van der Waals surface area contributed by atoms with Gasteiger partial charge in [-0.2, -0.15) is 18.4 Å². The normalized spacial score (nSPS) is 11.5. The van der Waals surface area contributed by atoms with E-state index in [-0.39, 0.29) is 27.3 Å². The third-order valence-electron chi connectivity index (χ3n) is 2.83. The van der Waals surface area contributed by atoms with Gasteiger partial charge in [0.15, 0.2) is 0 Å². The summed E-state index contributed by atoms with van der Waals surface area (Å²) in [4.78, 5) is 0. The smallest absolute Gasteiger partial charge is 0.316 e.